The summed E-state index contributed by atoms with van der Waals surface area (Å²) in [6.45, 7) is 9.87. The van der Waals surface area contributed by atoms with Crippen LogP contribution in [0.4, 0.5) is 4.79 Å². The van der Waals surface area contributed by atoms with Gasteiger partial charge in [0.2, 0.25) is 11.8 Å². The smallest absolute Gasteiger partial charge is 0.407 e. The number of carboxylic acid groups (broad SMARTS) is 1. The zero-order valence-corrected chi connectivity index (χ0v) is 29.4. The highest BCUT2D eigenvalue weighted by Gasteiger charge is 2.61. The number of rotatable bonds is 8. The normalized spacial score (nSPS) is 26.6. The number of aromatic nitrogens is 1. The highest BCUT2D eigenvalue weighted by molar-refractivity contribution is 5.96. The van der Waals surface area contributed by atoms with Crippen LogP contribution in [0.5, 0.6) is 5.75 Å². The maximum Gasteiger partial charge on any atom is 0.407 e. The molecule has 1 saturated carbocycles. The van der Waals surface area contributed by atoms with Crippen molar-refractivity contribution in [3.05, 3.63) is 78.9 Å². The zero-order chi connectivity index (χ0) is 36.3. The number of ether oxygens (including phenoxy) is 2. The van der Waals surface area contributed by atoms with Crippen molar-refractivity contribution in [2.45, 2.75) is 83.0 Å². The van der Waals surface area contributed by atoms with Gasteiger partial charge in [0.05, 0.1) is 24.4 Å². The highest BCUT2D eigenvalue weighted by Crippen LogP contribution is 2.45. The maximum absolute atomic E-state index is 14.4. The number of amides is 3. The number of hydrogen-bond acceptors (Lipinski definition) is 7. The van der Waals surface area contributed by atoms with E-state index in [0.717, 1.165) is 28.5 Å². The van der Waals surface area contributed by atoms with Crippen molar-refractivity contribution in [2.75, 3.05) is 13.2 Å². The van der Waals surface area contributed by atoms with Crippen LogP contribution in [-0.2, 0) is 19.1 Å². The molecular weight excluding hydrogens is 648 g/mol. The van der Waals surface area contributed by atoms with Gasteiger partial charge in [-0.3, -0.25) is 9.59 Å². The minimum absolute atomic E-state index is 0.0400. The number of cyclic esters (lactones) is 1. The summed E-state index contributed by atoms with van der Waals surface area (Å²) in [7, 11) is 0. The molecule has 1 aliphatic carbocycles. The largest absolute Gasteiger partial charge is 0.488 e. The molecule has 6 rings (SSSR count). The summed E-state index contributed by atoms with van der Waals surface area (Å²) in [6, 6.07) is 15.6. The van der Waals surface area contributed by atoms with Crippen molar-refractivity contribution in [1.82, 2.24) is 20.5 Å². The Hall–Kier alpha value is -5.19. The lowest BCUT2D eigenvalue weighted by molar-refractivity contribution is -0.145. The average molecular weight is 695 g/mol. The molecule has 2 aliphatic heterocycles. The topological polar surface area (TPSA) is 147 Å². The van der Waals surface area contributed by atoms with E-state index in [1.807, 2.05) is 87.5 Å². The van der Waals surface area contributed by atoms with Crippen LogP contribution in [-0.4, -0.2) is 75.7 Å². The molecule has 2 fully saturated rings. The van der Waals surface area contributed by atoms with Crippen LogP contribution in [0.3, 0.4) is 0 Å². The van der Waals surface area contributed by atoms with Gasteiger partial charge >= 0.3 is 12.1 Å². The molecule has 11 nitrogen and oxygen atoms in total. The first-order valence-electron chi connectivity index (χ1n) is 17.7. The Balaban J connectivity index is 1.42. The van der Waals surface area contributed by atoms with Crippen LogP contribution in [0.1, 0.15) is 64.9 Å². The van der Waals surface area contributed by atoms with Gasteiger partial charge in [-0.1, -0.05) is 88.2 Å². The Labute approximate surface area is 298 Å². The number of allylic oxidation sites excluding steroid dienone is 1. The number of carbonyl (C=O) groups is 4. The highest BCUT2D eigenvalue weighted by atomic mass is 16.5. The Morgan fingerprint density at radius 3 is 2.65 bits per heavy atom. The predicted molar refractivity (Wildman–Crippen MR) is 194 cm³/mol. The molecular formula is C40H46N4O7. The Morgan fingerprint density at radius 1 is 1.16 bits per heavy atom. The number of carbonyl (C=O) groups excluding carboxylic acids is 3. The Bertz CT molecular complexity index is 1860. The lowest BCUT2D eigenvalue weighted by atomic mass is 9.90. The molecule has 3 aliphatic rings. The quantitative estimate of drug-likeness (QED) is 0.239. The maximum atomic E-state index is 14.4. The van der Waals surface area contributed by atoms with Crippen molar-refractivity contribution in [2.24, 2.45) is 11.3 Å². The van der Waals surface area contributed by atoms with E-state index in [9.17, 15) is 24.3 Å². The molecule has 11 heteroatoms. The molecule has 0 spiro atoms. The number of unbranched alkanes of at least 4 members (excludes halogenated alkanes) is 1. The van der Waals surface area contributed by atoms with E-state index < -0.39 is 58.9 Å². The van der Waals surface area contributed by atoms with Crippen molar-refractivity contribution < 1.29 is 33.8 Å². The molecule has 51 heavy (non-hydrogen) atoms. The van der Waals surface area contributed by atoms with E-state index in [0.29, 0.717) is 30.7 Å². The summed E-state index contributed by atoms with van der Waals surface area (Å²) >= 11 is 0. The van der Waals surface area contributed by atoms with E-state index in [4.69, 9.17) is 14.5 Å². The summed E-state index contributed by atoms with van der Waals surface area (Å²) in [5, 5.41) is 16.3. The van der Waals surface area contributed by atoms with Crippen LogP contribution in [0, 0.1) is 11.3 Å². The average Bonchev–Trinajstić information content (AvgIpc) is 3.68. The monoisotopic (exact) mass is 694 g/mol. The van der Waals surface area contributed by atoms with E-state index >= 15 is 0 Å². The van der Waals surface area contributed by atoms with Crippen LogP contribution in [0.25, 0.3) is 28.2 Å². The van der Waals surface area contributed by atoms with E-state index in [2.05, 4.69) is 17.2 Å². The minimum Gasteiger partial charge on any atom is -0.488 e. The van der Waals surface area contributed by atoms with E-state index in [1.54, 1.807) is 0 Å². The third-order valence-electron chi connectivity index (χ3n) is 10.0. The number of carboxylic acids is 1. The molecule has 3 heterocycles. The Kier molecular flexibility index (Phi) is 10.2. The molecule has 2 aromatic carbocycles. The molecule has 1 aromatic heterocycles. The fourth-order valence-corrected chi connectivity index (χ4v) is 6.93. The van der Waals surface area contributed by atoms with Gasteiger partial charge < -0.3 is 30.1 Å². The number of aliphatic carboxylic acids is 1. The number of nitrogens with zero attached hydrogens (tertiary/aromatic N) is 2. The molecule has 3 N–H and O–H groups in total. The van der Waals surface area contributed by atoms with Crippen molar-refractivity contribution >= 4 is 40.9 Å². The van der Waals surface area contributed by atoms with Crippen molar-refractivity contribution in [3.63, 3.8) is 0 Å². The summed E-state index contributed by atoms with van der Waals surface area (Å²) in [4.78, 5) is 60.1. The summed E-state index contributed by atoms with van der Waals surface area (Å²) in [5.41, 5.74) is 1.39. The van der Waals surface area contributed by atoms with Crippen LogP contribution < -0.4 is 15.4 Å². The van der Waals surface area contributed by atoms with Gasteiger partial charge in [0.25, 0.3) is 0 Å². The first-order valence-corrected chi connectivity index (χ1v) is 17.7. The number of alkyl carbamates (subject to hydrolysis) is 1. The van der Waals surface area contributed by atoms with E-state index in [1.165, 1.54) is 11.0 Å². The fourth-order valence-electron chi connectivity index (χ4n) is 6.93. The van der Waals surface area contributed by atoms with Crippen molar-refractivity contribution in [3.8, 4) is 17.0 Å². The third kappa shape index (κ3) is 7.77. The lowest BCUT2D eigenvalue weighted by Crippen LogP contribution is -2.56. The first-order chi connectivity index (χ1) is 24.4. The number of hydrogen-bond donors (Lipinski definition) is 3. The second-order valence-corrected chi connectivity index (χ2v) is 14.6. The van der Waals surface area contributed by atoms with Gasteiger partial charge in [0, 0.05) is 34.8 Å². The predicted octanol–water partition coefficient (Wildman–Crippen LogP) is 6.12. The second-order valence-electron chi connectivity index (χ2n) is 14.6. The summed E-state index contributed by atoms with van der Waals surface area (Å²) in [6.07, 6.45) is 6.94. The molecule has 5 atom stereocenters. The minimum atomic E-state index is -1.48. The van der Waals surface area contributed by atoms with Gasteiger partial charge in [-0.15, -0.1) is 6.58 Å². The van der Waals surface area contributed by atoms with Crippen molar-refractivity contribution in [1.29, 1.82) is 0 Å². The SMILES string of the molecule is C=C[C@@H]1C[C@]1(NC(=O)[C@@H]1C[C@@H]2CN1C(=O)[C@H](CCCC)NC(=O)OCC(C)(C)C/C=C/c1ccc3nc(-c4ccccc4)cc(c3c1)O2)C(=O)O. The van der Waals surface area contributed by atoms with Gasteiger partial charge in [0.15, 0.2) is 0 Å². The van der Waals surface area contributed by atoms with Gasteiger partial charge in [-0.05, 0) is 37.0 Å². The van der Waals surface area contributed by atoms with Gasteiger partial charge in [-0.2, -0.15) is 0 Å². The second kappa shape index (κ2) is 14.6. The Morgan fingerprint density at radius 2 is 1.94 bits per heavy atom. The standard InChI is InChI=1S/C40H46N4O7/c1-5-7-15-31-36(46)44-23-28(20-33(44)35(45)43-40(37(47)48)22-27(40)6-2)51-34-21-32(26-13-9-8-10-14-26)41-30-17-16-25(19-29(30)34)12-11-18-39(3,4)24-50-38(49)42-31/h6,8-14,16-17,19,21,27-28,31,33H,2,5,7,15,18,20,22-24H2,1,3-4H3,(H,42,49)(H,43,45)(H,47,48)/b12-11+/t27-,28-,31+,33+,40-/m1/s1. The van der Waals surface area contributed by atoms with Crippen LogP contribution >= 0.6 is 0 Å². The summed E-state index contributed by atoms with van der Waals surface area (Å²) in [5.74, 6) is -2.09. The molecule has 3 aromatic rings. The fraction of sp³-hybridized carbons (Fsp3) is 0.425. The molecule has 268 valence electrons. The molecule has 1 saturated heterocycles. The van der Waals surface area contributed by atoms with Gasteiger partial charge in [-0.25, -0.2) is 14.6 Å². The molecule has 0 radical (unpaired) electrons. The van der Waals surface area contributed by atoms with Crippen LogP contribution in [0.2, 0.25) is 0 Å². The first kappa shape index (κ1) is 35.6. The molecule has 0 unspecified atom stereocenters. The van der Waals surface area contributed by atoms with E-state index in [-0.39, 0.29) is 26.0 Å². The number of nitrogens with one attached hydrogen (secondary N) is 2. The zero-order valence-electron chi connectivity index (χ0n) is 29.4. The lowest BCUT2D eigenvalue weighted by Gasteiger charge is -2.29. The number of benzene rings is 2. The third-order valence-corrected chi connectivity index (χ3v) is 10.0. The molecule has 3 amide bonds. The van der Waals surface area contributed by atoms with Crippen LogP contribution in [0.15, 0.2) is 73.3 Å². The van der Waals surface area contributed by atoms with Gasteiger partial charge in [0.1, 0.15) is 29.5 Å². The number of fused-ring (bicyclic) bond motifs is 3. The summed E-state index contributed by atoms with van der Waals surface area (Å²) < 4.78 is 12.4. The number of pyridine rings is 1. The molecule has 4 bridgehead atoms.